The van der Waals surface area contributed by atoms with Crippen molar-refractivity contribution in [2.75, 3.05) is 26.5 Å². The lowest BCUT2D eigenvalue weighted by Gasteiger charge is -2.18. The van der Waals surface area contributed by atoms with E-state index in [0.717, 1.165) is 19.3 Å². The van der Waals surface area contributed by atoms with E-state index in [2.05, 4.69) is 27.3 Å². The van der Waals surface area contributed by atoms with Gasteiger partial charge in [-0.1, -0.05) is 13.3 Å². The fourth-order valence-electron chi connectivity index (χ4n) is 2.98. The Morgan fingerprint density at radius 1 is 1.21 bits per heavy atom. The van der Waals surface area contributed by atoms with Crippen molar-refractivity contribution in [2.45, 2.75) is 46.3 Å². The lowest BCUT2D eigenvalue weighted by atomic mass is 10.0. The summed E-state index contributed by atoms with van der Waals surface area (Å²) in [6.45, 7) is 2.76. The molecular formula is C19H29F2N3O4. The third kappa shape index (κ3) is 6.70. The second kappa shape index (κ2) is 11.5. The Morgan fingerprint density at radius 2 is 1.96 bits per heavy atom. The van der Waals surface area contributed by atoms with Crippen LogP contribution >= 0.6 is 0 Å². The first-order chi connectivity index (χ1) is 13.6. The van der Waals surface area contributed by atoms with E-state index in [4.69, 9.17) is 9.47 Å². The highest BCUT2D eigenvalue weighted by Crippen LogP contribution is 2.39. The van der Waals surface area contributed by atoms with E-state index < -0.39 is 6.61 Å². The van der Waals surface area contributed by atoms with Gasteiger partial charge in [0.25, 0.3) is 0 Å². The number of fused-ring (bicyclic) bond motifs is 1. The molecule has 0 amide bonds. The molecule has 0 bridgehead atoms. The fraction of sp³-hybridized carbons (Fsp3) is 0.632. The summed E-state index contributed by atoms with van der Waals surface area (Å²) >= 11 is 0. The van der Waals surface area contributed by atoms with Crippen LogP contribution < -0.4 is 24.8 Å². The number of aliphatic hydroxyl groups excluding tert-OH is 1. The van der Waals surface area contributed by atoms with Crippen LogP contribution in [0.25, 0.3) is 0 Å². The summed E-state index contributed by atoms with van der Waals surface area (Å²) in [5.41, 5.74) is 0.474. The van der Waals surface area contributed by atoms with Gasteiger partial charge in [-0.05, 0) is 31.7 Å². The molecular weight excluding hydrogens is 372 g/mol. The van der Waals surface area contributed by atoms with Crippen LogP contribution in [0.4, 0.5) is 8.78 Å². The minimum atomic E-state index is -2.94. The summed E-state index contributed by atoms with van der Waals surface area (Å²) in [6.07, 6.45) is 2.75. The Labute approximate surface area is 164 Å². The van der Waals surface area contributed by atoms with Gasteiger partial charge in [0, 0.05) is 31.3 Å². The third-order valence-electron chi connectivity index (χ3n) is 4.32. The first-order valence-electron chi connectivity index (χ1n) is 9.57. The Kier molecular flexibility index (Phi) is 9.06. The molecule has 0 aliphatic carbocycles. The standard InChI is InChI=1S/C19H29F2N3O4/c1-3-5-13(6-7-25)10-23-19(22-4-2)24-11-14-8-16-17(27-12-26-16)9-15(14)28-18(20)21/h8-9,13,18,25H,3-7,10-12H2,1-2H3,(H2,22,23,24). The molecule has 1 heterocycles. The van der Waals surface area contributed by atoms with Crippen LogP contribution in [-0.4, -0.2) is 44.2 Å². The number of ether oxygens (including phenoxy) is 3. The highest BCUT2D eigenvalue weighted by Gasteiger charge is 2.20. The number of hydrogen-bond donors (Lipinski definition) is 3. The van der Waals surface area contributed by atoms with Gasteiger partial charge in [0.1, 0.15) is 5.75 Å². The molecule has 1 aromatic carbocycles. The maximum Gasteiger partial charge on any atom is 0.387 e. The van der Waals surface area contributed by atoms with Crippen LogP contribution in [0.15, 0.2) is 17.1 Å². The monoisotopic (exact) mass is 401 g/mol. The second-order valence-electron chi connectivity index (χ2n) is 6.43. The maximum absolute atomic E-state index is 12.8. The van der Waals surface area contributed by atoms with Crippen molar-refractivity contribution >= 4 is 5.96 Å². The van der Waals surface area contributed by atoms with Crippen molar-refractivity contribution in [3.63, 3.8) is 0 Å². The van der Waals surface area contributed by atoms with Crippen LogP contribution in [0.2, 0.25) is 0 Å². The van der Waals surface area contributed by atoms with Crippen molar-refractivity contribution in [3.05, 3.63) is 17.7 Å². The summed E-state index contributed by atoms with van der Waals surface area (Å²) in [6, 6.07) is 3.01. The zero-order chi connectivity index (χ0) is 20.4. The Hall–Kier alpha value is -2.29. The number of nitrogens with one attached hydrogen (secondary N) is 2. The summed E-state index contributed by atoms with van der Waals surface area (Å²) in [5, 5.41) is 15.6. The molecule has 3 N–H and O–H groups in total. The zero-order valence-electron chi connectivity index (χ0n) is 16.3. The quantitative estimate of drug-likeness (QED) is 0.391. The highest BCUT2D eigenvalue weighted by molar-refractivity contribution is 5.79. The molecule has 0 aromatic heterocycles. The average molecular weight is 401 g/mol. The second-order valence-corrected chi connectivity index (χ2v) is 6.43. The van der Waals surface area contributed by atoms with Crippen LogP contribution in [0.1, 0.15) is 38.7 Å². The molecule has 0 radical (unpaired) electrons. The topological polar surface area (TPSA) is 84.3 Å². The molecule has 0 fully saturated rings. The molecule has 1 aromatic rings. The normalized spacial score (nSPS) is 14.3. The highest BCUT2D eigenvalue weighted by atomic mass is 19.3. The number of guanidine groups is 1. The van der Waals surface area contributed by atoms with E-state index in [-0.39, 0.29) is 25.7 Å². The van der Waals surface area contributed by atoms with Crippen LogP contribution in [0.5, 0.6) is 17.2 Å². The van der Waals surface area contributed by atoms with Gasteiger partial charge < -0.3 is 30.0 Å². The molecule has 1 atom stereocenters. The number of benzene rings is 1. The van der Waals surface area contributed by atoms with E-state index in [1.54, 1.807) is 6.07 Å². The molecule has 1 unspecified atom stereocenters. The molecule has 1 aliphatic rings. The van der Waals surface area contributed by atoms with Crippen molar-refractivity contribution in [2.24, 2.45) is 10.9 Å². The van der Waals surface area contributed by atoms with Crippen molar-refractivity contribution in [1.29, 1.82) is 0 Å². The van der Waals surface area contributed by atoms with E-state index in [1.165, 1.54) is 6.07 Å². The van der Waals surface area contributed by atoms with E-state index in [9.17, 15) is 13.9 Å². The smallest absolute Gasteiger partial charge is 0.387 e. The van der Waals surface area contributed by atoms with Gasteiger partial charge in [-0.2, -0.15) is 8.78 Å². The van der Waals surface area contributed by atoms with Crippen molar-refractivity contribution in [3.8, 4) is 17.2 Å². The molecule has 0 saturated heterocycles. The Balaban J connectivity index is 2.10. The number of aliphatic imine (C=N–C) groups is 1. The van der Waals surface area contributed by atoms with Gasteiger partial charge in [0.2, 0.25) is 6.79 Å². The Morgan fingerprint density at radius 3 is 2.61 bits per heavy atom. The average Bonchev–Trinajstić information content (AvgIpc) is 3.10. The van der Waals surface area contributed by atoms with Crippen LogP contribution in [0, 0.1) is 5.92 Å². The number of nitrogens with zero attached hydrogens (tertiary/aromatic N) is 1. The molecule has 28 heavy (non-hydrogen) atoms. The lowest BCUT2D eigenvalue weighted by Crippen LogP contribution is -2.40. The van der Waals surface area contributed by atoms with Crippen LogP contribution in [0.3, 0.4) is 0 Å². The van der Waals surface area contributed by atoms with Gasteiger partial charge in [0.05, 0.1) is 6.54 Å². The Bertz CT molecular complexity index is 638. The molecule has 0 saturated carbocycles. The number of hydrogen-bond acceptors (Lipinski definition) is 5. The third-order valence-corrected chi connectivity index (χ3v) is 4.32. The number of alkyl halides is 2. The number of halogens is 2. The fourth-order valence-corrected chi connectivity index (χ4v) is 2.98. The first kappa shape index (κ1) is 22.0. The largest absolute Gasteiger partial charge is 0.454 e. The van der Waals surface area contributed by atoms with E-state index in [1.807, 2.05) is 6.92 Å². The zero-order valence-corrected chi connectivity index (χ0v) is 16.3. The molecule has 7 nitrogen and oxygen atoms in total. The van der Waals surface area contributed by atoms with E-state index in [0.29, 0.717) is 42.0 Å². The van der Waals surface area contributed by atoms with Gasteiger partial charge in [0.15, 0.2) is 17.5 Å². The molecule has 0 spiro atoms. The summed E-state index contributed by atoms with van der Waals surface area (Å²) in [5.74, 6) is 1.78. The van der Waals surface area contributed by atoms with Gasteiger partial charge >= 0.3 is 6.61 Å². The van der Waals surface area contributed by atoms with Gasteiger partial charge in [-0.3, -0.25) is 0 Å². The van der Waals surface area contributed by atoms with E-state index >= 15 is 0 Å². The SMILES string of the molecule is CCCC(CCO)CNC(=NCc1cc2c(cc1OC(F)F)OCO2)NCC. The summed E-state index contributed by atoms with van der Waals surface area (Å²) < 4.78 is 40.7. The minimum Gasteiger partial charge on any atom is -0.454 e. The predicted molar refractivity (Wildman–Crippen MR) is 102 cm³/mol. The summed E-state index contributed by atoms with van der Waals surface area (Å²) in [4.78, 5) is 4.48. The molecule has 9 heteroatoms. The van der Waals surface area contributed by atoms with Crippen LogP contribution in [-0.2, 0) is 6.54 Å². The number of rotatable bonds is 11. The van der Waals surface area contributed by atoms with Crippen molar-refractivity contribution < 1.29 is 28.1 Å². The molecule has 2 rings (SSSR count). The van der Waals surface area contributed by atoms with Gasteiger partial charge in [-0.15, -0.1) is 0 Å². The molecule has 158 valence electrons. The summed E-state index contributed by atoms with van der Waals surface area (Å²) in [7, 11) is 0. The van der Waals surface area contributed by atoms with Crippen molar-refractivity contribution in [1.82, 2.24) is 10.6 Å². The minimum absolute atomic E-state index is 0.0167. The maximum atomic E-state index is 12.8. The molecule has 1 aliphatic heterocycles. The first-order valence-corrected chi connectivity index (χ1v) is 9.57. The number of aliphatic hydroxyl groups is 1. The van der Waals surface area contributed by atoms with Gasteiger partial charge in [-0.25, -0.2) is 4.99 Å². The lowest BCUT2D eigenvalue weighted by molar-refractivity contribution is -0.0505. The predicted octanol–water partition coefficient (Wildman–Crippen LogP) is 2.87.